The Labute approximate surface area is 117 Å². The molecule has 1 aliphatic rings. The molecule has 1 heterocycles. The third kappa shape index (κ3) is 2.36. The van der Waals surface area contributed by atoms with Gasteiger partial charge in [0.15, 0.2) is 0 Å². The number of fused-ring (bicyclic) bond motifs is 1. The van der Waals surface area contributed by atoms with Crippen molar-refractivity contribution in [2.45, 2.75) is 31.3 Å². The number of carbonyl (C=O) groups excluding carboxylic acids is 1. The van der Waals surface area contributed by atoms with E-state index in [1.54, 1.807) is 18.3 Å². The fraction of sp³-hybridized carbons (Fsp3) is 0.400. The van der Waals surface area contributed by atoms with Crippen LogP contribution < -0.4 is 11.1 Å². The van der Waals surface area contributed by atoms with Crippen LogP contribution in [0, 0.1) is 0 Å². The average molecular weight is 273 g/mol. The summed E-state index contributed by atoms with van der Waals surface area (Å²) in [4.78, 5) is 15.3. The summed E-state index contributed by atoms with van der Waals surface area (Å²) in [6.07, 6.45) is 5.24. The Morgan fingerprint density at radius 1 is 1.40 bits per heavy atom. The van der Waals surface area contributed by atoms with Gasteiger partial charge >= 0.3 is 0 Å². The van der Waals surface area contributed by atoms with Crippen molar-refractivity contribution >= 4 is 22.5 Å². The molecule has 5 N–H and O–H groups in total. The molecule has 0 saturated heterocycles. The fourth-order valence-electron chi connectivity index (χ4n) is 2.88. The SMILES string of the molecule is Nc1ccc2[nH]cc(C(=O)NCC3(O)CCCC3)c2c1. The van der Waals surface area contributed by atoms with Gasteiger partial charge in [0.1, 0.15) is 0 Å². The number of anilines is 1. The van der Waals surface area contributed by atoms with Crippen LogP contribution in [0.3, 0.4) is 0 Å². The number of aromatic nitrogens is 1. The minimum Gasteiger partial charge on any atom is -0.399 e. The van der Waals surface area contributed by atoms with Crippen LogP contribution in [0.2, 0.25) is 0 Å². The highest BCUT2D eigenvalue weighted by molar-refractivity contribution is 6.07. The second kappa shape index (κ2) is 4.83. The summed E-state index contributed by atoms with van der Waals surface area (Å²) in [6, 6.07) is 5.43. The van der Waals surface area contributed by atoms with Gasteiger partial charge in [0.25, 0.3) is 5.91 Å². The van der Waals surface area contributed by atoms with Crippen molar-refractivity contribution in [3.05, 3.63) is 30.0 Å². The van der Waals surface area contributed by atoms with Gasteiger partial charge in [-0.05, 0) is 31.0 Å². The van der Waals surface area contributed by atoms with E-state index in [4.69, 9.17) is 5.73 Å². The molecule has 2 aromatic rings. The maximum Gasteiger partial charge on any atom is 0.253 e. The van der Waals surface area contributed by atoms with Crippen LogP contribution >= 0.6 is 0 Å². The molecule has 1 saturated carbocycles. The second-order valence-electron chi connectivity index (χ2n) is 5.62. The van der Waals surface area contributed by atoms with Crippen molar-refractivity contribution in [1.82, 2.24) is 10.3 Å². The Hall–Kier alpha value is -2.01. The number of hydrogen-bond acceptors (Lipinski definition) is 3. The van der Waals surface area contributed by atoms with Crippen LogP contribution in [0.15, 0.2) is 24.4 Å². The summed E-state index contributed by atoms with van der Waals surface area (Å²) >= 11 is 0. The first kappa shape index (κ1) is 13.0. The average Bonchev–Trinajstić information content (AvgIpc) is 3.03. The lowest BCUT2D eigenvalue weighted by Crippen LogP contribution is -2.40. The molecule has 0 unspecified atom stereocenters. The number of nitrogen functional groups attached to an aromatic ring is 1. The van der Waals surface area contributed by atoms with Crippen molar-refractivity contribution in [3.63, 3.8) is 0 Å². The summed E-state index contributed by atoms with van der Waals surface area (Å²) in [7, 11) is 0. The van der Waals surface area contributed by atoms with Gasteiger partial charge in [-0.1, -0.05) is 12.8 Å². The summed E-state index contributed by atoms with van der Waals surface area (Å²) in [5.41, 5.74) is 7.09. The summed E-state index contributed by atoms with van der Waals surface area (Å²) in [6.45, 7) is 0.306. The molecular weight excluding hydrogens is 254 g/mol. The van der Waals surface area contributed by atoms with Crippen LogP contribution in [0.4, 0.5) is 5.69 Å². The van der Waals surface area contributed by atoms with E-state index >= 15 is 0 Å². The normalized spacial score (nSPS) is 17.4. The largest absolute Gasteiger partial charge is 0.399 e. The molecule has 20 heavy (non-hydrogen) atoms. The zero-order valence-corrected chi connectivity index (χ0v) is 11.3. The quantitative estimate of drug-likeness (QED) is 0.642. The predicted octanol–water partition coefficient (Wildman–Crippen LogP) is 1.78. The summed E-state index contributed by atoms with van der Waals surface area (Å²) < 4.78 is 0. The van der Waals surface area contributed by atoms with Gasteiger partial charge in [-0.2, -0.15) is 0 Å². The minimum absolute atomic E-state index is 0.179. The monoisotopic (exact) mass is 273 g/mol. The highest BCUT2D eigenvalue weighted by Crippen LogP contribution is 2.29. The lowest BCUT2D eigenvalue weighted by molar-refractivity contribution is 0.0450. The Morgan fingerprint density at radius 2 is 2.15 bits per heavy atom. The first-order valence-corrected chi connectivity index (χ1v) is 6.95. The van der Waals surface area contributed by atoms with E-state index in [1.165, 1.54) is 0 Å². The molecule has 1 amide bonds. The lowest BCUT2D eigenvalue weighted by atomic mass is 10.0. The van der Waals surface area contributed by atoms with E-state index in [-0.39, 0.29) is 5.91 Å². The molecule has 0 radical (unpaired) electrons. The highest BCUT2D eigenvalue weighted by atomic mass is 16.3. The van der Waals surface area contributed by atoms with Gasteiger partial charge < -0.3 is 21.1 Å². The predicted molar refractivity (Wildman–Crippen MR) is 78.5 cm³/mol. The third-order valence-corrected chi connectivity index (χ3v) is 4.06. The van der Waals surface area contributed by atoms with Crippen molar-refractivity contribution < 1.29 is 9.90 Å². The Balaban J connectivity index is 1.77. The Morgan fingerprint density at radius 3 is 2.90 bits per heavy atom. The summed E-state index contributed by atoms with van der Waals surface area (Å²) in [5.74, 6) is -0.179. The van der Waals surface area contributed by atoms with E-state index in [9.17, 15) is 9.90 Å². The molecule has 1 aromatic carbocycles. The number of rotatable bonds is 3. The number of hydrogen-bond donors (Lipinski definition) is 4. The van der Waals surface area contributed by atoms with E-state index in [0.717, 1.165) is 36.6 Å². The summed E-state index contributed by atoms with van der Waals surface area (Å²) in [5, 5.41) is 13.9. The number of nitrogens with one attached hydrogen (secondary N) is 2. The van der Waals surface area contributed by atoms with E-state index in [1.807, 2.05) is 6.07 Å². The molecule has 0 atom stereocenters. The first-order valence-electron chi connectivity index (χ1n) is 6.95. The van der Waals surface area contributed by atoms with Crippen molar-refractivity contribution in [2.75, 3.05) is 12.3 Å². The van der Waals surface area contributed by atoms with Gasteiger partial charge in [-0.3, -0.25) is 4.79 Å². The highest BCUT2D eigenvalue weighted by Gasteiger charge is 2.31. The van der Waals surface area contributed by atoms with Crippen LogP contribution in [0.1, 0.15) is 36.0 Å². The van der Waals surface area contributed by atoms with Crippen molar-refractivity contribution in [1.29, 1.82) is 0 Å². The molecule has 3 rings (SSSR count). The smallest absolute Gasteiger partial charge is 0.253 e. The van der Waals surface area contributed by atoms with Crippen molar-refractivity contribution in [3.8, 4) is 0 Å². The minimum atomic E-state index is -0.735. The van der Waals surface area contributed by atoms with Gasteiger partial charge in [0.05, 0.1) is 11.2 Å². The fourth-order valence-corrected chi connectivity index (χ4v) is 2.88. The zero-order valence-electron chi connectivity index (χ0n) is 11.3. The number of nitrogens with two attached hydrogens (primary N) is 1. The molecule has 5 heteroatoms. The van der Waals surface area contributed by atoms with E-state index in [2.05, 4.69) is 10.3 Å². The molecule has 1 aliphatic carbocycles. The molecule has 0 aliphatic heterocycles. The third-order valence-electron chi connectivity index (χ3n) is 4.06. The zero-order chi connectivity index (χ0) is 14.2. The molecule has 0 bridgehead atoms. The van der Waals surface area contributed by atoms with E-state index in [0.29, 0.717) is 17.8 Å². The maximum absolute atomic E-state index is 12.2. The van der Waals surface area contributed by atoms with Crippen LogP contribution in [-0.2, 0) is 0 Å². The maximum atomic E-state index is 12.2. The van der Waals surface area contributed by atoms with Gasteiger partial charge in [-0.15, -0.1) is 0 Å². The van der Waals surface area contributed by atoms with Gasteiger partial charge in [-0.25, -0.2) is 0 Å². The number of aliphatic hydroxyl groups is 1. The number of carbonyl (C=O) groups is 1. The lowest BCUT2D eigenvalue weighted by Gasteiger charge is -2.22. The molecule has 1 aromatic heterocycles. The molecule has 0 spiro atoms. The van der Waals surface area contributed by atoms with Crippen LogP contribution in [-0.4, -0.2) is 28.1 Å². The van der Waals surface area contributed by atoms with Crippen molar-refractivity contribution in [2.24, 2.45) is 0 Å². The molecule has 1 fully saturated rings. The number of amides is 1. The molecule has 106 valence electrons. The second-order valence-corrected chi connectivity index (χ2v) is 5.62. The molecule has 5 nitrogen and oxygen atoms in total. The van der Waals surface area contributed by atoms with E-state index < -0.39 is 5.60 Å². The standard InChI is InChI=1S/C15H19N3O2/c16-10-3-4-13-11(7-10)12(8-17-13)14(19)18-9-15(20)5-1-2-6-15/h3-4,7-8,17,20H,1-2,5-6,9,16H2,(H,18,19). The first-order chi connectivity index (χ1) is 9.57. The topological polar surface area (TPSA) is 91.1 Å². The Kier molecular flexibility index (Phi) is 3.14. The number of H-pyrrole nitrogens is 1. The van der Waals surface area contributed by atoms with Crippen LogP contribution in [0.5, 0.6) is 0 Å². The number of benzene rings is 1. The van der Waals surface area contributed by atoms with Crippen LogP contribution in [0.25, 0.3) is 10.9 Å². The Bertz CT molecular complexity index is 642. The number of aromatic amines is 1. The van der Waals surface area contributed by atoms with Gasteiger partial charge in [0, 0.05) is 29.3 Å². The molecular formula is C15H19N3O2. The van der Waals surface area contributed by atoms with Gasteiger partial charge in [0.2, 0.25) is 0 Å².